The smallest absolute Gasteiger partial charge is 0.270 e. The SMILES string of the molecule is CC(F)(F)c1ccc2[nH]c(C(=O)N[C@H]3CC[C@@H](NC(=O)CCCCCC#Cc4cccc5c4C(=O)N(C4CCC(=O)NC4=O)C5=O)C[C@H]4CC[C@@H](C(=O)N[C@@H](CCC(N)=O)C(=O)CC(c5ccccc5)c5ccccc5)N4C3=O)cc2c1. The molecule has 6 atom stereocenters. The number of rotatable bonds is 20. The molecule has 3 fully saturated rings. The molecule has 4 aliphatic rings. The van der Waals surface area contributed by atoms with Gasteiger partial charge in [0.05, 0.1) is 17.2 Å². The molecule has 5 aromatic rings. The van der Waals surface area contributed by atoms with Crippen molar-refractivity contribution in [2.24, 2.45) is 5.73 Å². The van der Waals surface area contributed by atoms with Crippen LogP contribution in [0.15, 0.2) is 103 Å². The number of halogens is 2. The topological polar surface area (TPSA) is 267 Å². The van der Waals surface area contributed by atoms with Gasteiger partial charge in [0, 0.05) is 79.1 Å². The monoisotopic (exact) mass is 1120 g/mol. The summed E-state index contributed by atoms with van der Waals surface area (Å²) in [6.07, 6.45) is 3.17. The third-order valence-electron chi connectivity index (χ3n) is 15.9. The summed E-state index contributed by atoms with van der Waals surface area (Å²) in [5.74, 6) is -3.05. The first-order valence-electron chi connectivity index (χ1n) is 27.8. The minimum absolute atomic E-state index is 0.00128. The number of nitrogens with zero attached hydrogens (tertiary/aromatic N) is 2. The van der Waals surface area contributed by atoms with Crippen LogP contribution in [0.25, 0.3) is 10.9 Å². The maximum atomic E-state index is 14.9. The van der Waals surface area contributed by atoms with E-state index in [1.807, 2.05) is 60.7 Å². The molecular formula is C62H64F2N8O10. The molecule has 0 spiro atoms. The number of hydrogen-bond donors (Lipinski definition) is 6. The van der Waals surface area contributed by atoms with Gasteiger partial charge in [-0.05, 0) is 99.2 Å². The second-order valence-corrected chi connectivity index (χ2v) is 21.6. The molecule has 20 heteroatoms. The predicted molar refractivity (Wildman–Crippen MR) is 296 cm³/mol. The fourth-order valence-corrected chi connectivity index (χ4v) is 11.6. The number of primary amides is 1. The number of benzene rings is 4. The van der Waals surface area contributed by atoms with Crippen molar-refractivity contribution in [3.8, 4) is 11.8 Å². The second kappa shape index (κ2) is 25.3. The van der Waals surface area contributed by atoms with Gasteiger partial charge >= 0.3 is 0 Å². The van der Waals surface area contributed by atoms with Crippen LogP contribution in [0.5, 0.6) is 0 Å². The number of alkyl halides is 2. The lowest BCUT2D eigenvalue weighted by molar-refractivity contribution is -0.143. The van der Waals surface area contributed by atoms with Crippen molar-refractivity contribution >= 4 is 69.9 Å². The first-order valence-corrected chi connectivity index (χ1v) is 27.8. The molecule has 18 nitrogen and oxygen atoms in total. The van der Waals surface area contributed by atoms with E-state index in [-0.39, 0.29) is 104 Å². The van der Waals surface area contributed by atoms with E-state index in [0.29, 0.717) is 48.6 Å². The van der Waals surface area contributed by atoms with E-state index in [1.54, 1.807) is 12.1 Å². The lowest BCUT2D eigenvalue weighted by Crippen LogP contribution is -2.59. The number of nitrogens with one attached hydrogen (secondary N) is 5. The van der Waals surface area contributed by atoms with Crippen molar-refractivity contribution in [2.45, 2.75) is 151 Å². The zero-order valence-electron chi connectivity index (χ0n) is 45.3. The third kappa shape index (κ3) is 13.3. The number of aromatic nitrogens is 1. The Bertz CT molecular complexity index is 3350. The van der Waals surface area contributed by atoms with Crippen LogP contribution >= 0.6 is 0 Å². The van der Waals surface area contributed by atoms with Crippen molar-refractivity contribution < 1.29 is 56.7 Å². The number of aromatic amines is 1. The molecule has 9 rings (SSSR count). The number of unbranched alkanes of at least 4 members (excludes halogenated alkanes) is 3. The Balaban J connectivity index is 0.865. The van der Waals surface area contributed by atoms with Gasteiger partial charge in [-0.25, -0.2) is 8.78 Å². The van der Waals surface area contributed by atoms with Crippen molar-refractivity contribution in [1.29, 1.82) is 0 Å². The highest BCUT2D eigenvalue weighted by molar-refractivity contribution is 6.24. The second-order valence-electron chi connectivity index (χ2n) is 21.6. The number of carbonyl (C=O) groups excluding carboxylic acids is 10. The number of H-pyrrole nitrogens is 1. The van der Waals surface area contributed by atoms with E-state index in [2.05, 4.69) is 38.1 Å². The van der Waals surface area contributed by atoms with E-state index in [4.69, 9.17) is 5.73 Å². The first-order chi connectivity index (χ1) is 39.3. The number of Topliss-reactive ketones (excluding diaryl/α,β-unsaturated/α-hetero) is 1. The maximum absolute atomic E-state index is 14.9. The highest BCUT2D eigenvalue weighted by Gasteiger charge is 2.48. The van der Waals surface area contributed by atoms with Gasteiger partial charge in [0.1, 0.15) is 23.8 Å². The molecule has 426 valence electrons. The highest BCUT2D eigenvalue weighted by Crippen LogP contribution is 2.35. The number of nitrogens with two attached hydrogens (primary N) is 1. The van der Waals surface area contributed by atoms with E-state index in [9.17, 15) is 56.7 Å². The Morgan fingerprint density at radius 3 is 2.22 bits per heavy atom. The third-order valence-corrected chi connectivity index (χ3v) is 15.9. The molecular weight excluding hydrogens is 1050 g/mol. The number of amides is 9. The van der Waals surface area contributed by atoms with Crippen molar-refractivity contribution in [3.63, 3.8) is 0 Å². The summed E-state index contributed by atoms with van der Waals surface area (Å²) < 4.78 is 28.5. The number of fused-ring (bicyclic) bond motifs is 3. The fourth-order valence-electron chi connectivity index (χ4n) is 11.6. The average molecular weight is 1120 g/mol. The number of carbonyl (C=O) groups is 10. The molecule has 3 saturated heterocycles. The fraction of sp³-hybridized carbons (Fsp3) is 0.387. The Morgan fingerprint density at radius 1 is 0.793 bits per heavy atom. The highest BCUT2D eigenvalue weighted by atomic mass is 19.3. The maximum Gasteiger partial charge on any atom is 0.270 e. The Kier molecular flexibility index (Phi) is 17.8. The van der Waals surface area contributed by atoms with Gasteiger partial charge in [-0.1, -0.05) is 91.1 Å². The van der Waals surface area contributed by atoms with Crippen LogP contribution in [-0.2, 0) is 39.5 Å². The molecule has 0 bridgehead atoms. The summed E-state index contributed by atoms with van der Waals surface area (Å²) >= 11 is 0. The van der Waals surface area contributed by atoms with Crippen LogP contribution in [0.2, 0.25) is 0 Å². The molecule has 4 aromatic carbocycles. The van der Waals surface area contributed by atoms with Crippen LogP contribution in [0, 0.1) is 11.8 Å². The summed E-state index contributed by atoms with van der Waals surface area (Å²) in [5, 5.41) is 11.4. The van der Waals surface area contributed by atoms with E-state index in [1.165, 1.54) is 35.2 Å². The summed E-state index contributed by atoms with van der Waals surface area (Å²) in [6, 6.07) is 23.4. The summed E-state index contributed by atoms with van der Waals surface area (Å²) in [4.78, 5) is 140. The number of hydrogen-bond acceptors (Lipinski definition) is 10. The largest absolute Gasteiger partial charge is 0.370 e. The number of piperidine rings is 1. The van der Waals surface area contributed by atoms with Gasteiger partial charge in [0.25, 0.3) is 23.6 Å². The van der Waals surface area contributed by atoms with Crippen LogP contribution in [0.1, 0.15) is 163 Å². The Morgan fingerprint density at radius 2 is 1.52 bits per heavy atom. The van der Waals surface area contributed by atoms with Crippen molar-refractivity contribution in [2.75, 3.05) is 0 Å². The minimum Gasteiger partial charge on any atom is -0.370 e. The summed E-state index contributed by atoms with van der Waals surface area (Å²) in [7, 11) is 0. The molecule has 82 heavy (non-hydrogen) atoms. The van der Waals surface area contributed by atoms with Crippen LogP contribution in [0.4, 0.5) is 8.78 Å². The molecule has 5 heterocycles. The normalized spacial score (nSPS) is 20.2. The van der Waals surface area contributed by atoms with Crippen molar-refractivity contribution in [1.82, 2.24) is 36.1 Å². The van der Waals surface area contributed by atoms with Crippen LogP contribution in [0.3, 0.4) is 0 Å². The average Bonchev–Trinajstić information content (AvgIpc) is 4.35. The molecule has 7 N–H and O–H groups in total. The number of imide groups is 2. The van der Waals surface area contributed by atoms with Gasteiger partial charge in [-0.3, -0.25) is 58.2 Å². The Labute approximate surface area is 472 Å². The van der Waals surface area contributed by atoms with Gasteiger partial charge in [-0.2, -0.15) is 0 Å². The van der Waals surface area contributed by atoms with E-state index >= 15 is 0 Å². The van der Waals surface area contributed by atoms with Gasteiger partial charge in [-0.15, -0.1) is 0 Å². The molecule has 0 aliphatic carbocycles. The standard InChI is InChI=1S/C62H64F2N8O10/c1-62(63,64)40-22-25-45-39(32-40)33-48(67-45)56(77)69-47-26-23-41(66-53(75)21-12-4-2-3-7-18-38-19-13-20-43-55(38)61(82)72(59(43)80)50-29-31-54(76)70-58(50)79)34-42-24-28-49(71(42)60(47)81)57(78)68-46(27-30-52(65)74)51(73)35-44(36-14-8-5-9-15-36)37-16-10-6-11-17-37/h5-6,8-11,13-17,19-20,22,25,32-33,41-42,44,46-47,49-50,67H,2-4,12,21,23-24,26-31,34-35H2,1H3,(H2,65,74)(H,66,75)(H,68,78)(H,69,77)(H,70,76,79)/t41-,42-,46+,47+,49+,50?/m1/s1. The molecule has 0 saturated carbocycles. The summed E-state index contributed by atoms with van der Waals surface area (Å²) in [6.45, 7) is 0.772. The summed E-state index contributed by atoms with van der Waals surface area (Å²) in [5.41, 5.74) is 8.08. The van der Waals surface area contributed by atoms with Crippen molar-refractivity contribution in [3.05, 3.63) is 142 Å². The quantitative estimate of drug-likeness (QED) is 0.0286. The first kappa shape index (κ1) is 57.8. The molecule has 9 amide bonds. The lowest BCUT2D eigenvalue weighted by atomic mass is 9.85. The molecule has 1 aromatic heterocycles. The van der Waals surface area contributed by atoms with Gasteiger partial charge in [0.2, 0.25) is 35.4 Å². The zero-order chi connectivity index (χ0) is 58.2. The molecule has 1 unspecified atom stereocenters. The van der Waals surface area contributed by atoms with E-state index < -0.39 is 89.4 Å². The lowest BCUT2D eigenvalue weighted by Gasteiger charge is -2.38. The van der Waals surface area contributed by atoms with Crippen LogP contribution < -0.4 is 27.0 Å². The van der Waals surface area contributed by atoms with Gasteiger partial charge in [0.15, 0.2) is 5.78 Å². The zero-order valence-corrected chi connectivity index (χ0v) is 45.3. The number of ketones is 1. The molecule has 4 aliphatic heterocycles. The van der Waals surface area contributed by atoms with E-state index in [0.717, 1.165) is 23.0 Å². The Hall–Kier alpha value is -8.86. The van der Waals surface area contributed by atoms with Gasteiger partial charge < -0.3 is 31.6 Å². The van der Waals surface area contributed by atoms with Crippen LogP contribution in [-0.4, -0.2) is 110 Å². The predicted octanol–water partition coefficient (Wildman–Crippen LogP) is 6.35. The minimum atomic E-state index is -3.13. The molecule has 0 radical (unpaired) electrons.